The van der Waals surface area contributed by atoms with Gasteiger partial charge in [0.2, 0.25) is 0 Å². The number of amides is 1. The zero-order valence-electron chi connectivity index (χ0n) is 19.6. The number of rotatable bonds is 6. The third-order valence-corrected chi connectivity index (χ3v) is 5.98. The van der Waals surface area contributed by atoms with Crippen LogP contribution in [0.5, 0.6) is 17.2 Å². The van der Waals surface area contributed by atoms with E-state index < -0.39 is 6.10 Å². The molecule has 8 nitrogen and oxygen atoms in total. The normalized spacial score (nSPS) is 12.6. The Morgan fingerprint density at radius 2 is 1.79 bits per heavy atom. The van der Waals surface area contributed by atoms with Crippen LogP contribution in [0.15, 0.2) is 47.4 Å². The molecule has 5 aromatic rings. The van der Waals surface area contributed by atoms with Crippen molar-refractivity contribution in [2.45, 2.75) is 32.9 Å². The average Bonchev–Trinajstić information content (AvgIpc) is 3.15. The Balaban J connectivity index is 1.77. The van der Waals surface area contributed by atoms with Crippen LogP contribution in [0.25, 0.3) is 38.1 Å². The van der Waals surface area contributed by atoms with E-state index in [1.54, 1.807) is 29.7 Å². The van der Waals surface area contributed by atoms with Gasteiger partial charge in [-0.2, -0.15) is 0 Å². The highest BCUT2D eigenvalue weighted by Crippen LogP contribution is 2.39. The van der Waals surface area contributed by atoms with Crippen molar-refractivity contribution in [3.05, 3.63) is 52.9 Å². The lowest BCUT2D eigenvalue weighted by atomic mass is 10.1. The quantitative estimate of drug-likeness (QED) is 0.387. The molecule has 174 valence electrons. The summed E-state index contributed by atoms with van der Waals surface area (Å²) in [5, 5.41) is 5.66. The predicted octanol–water partition coefficient (Wildman–Crippen LogP) is 3.90. The fourth-order valence-corrected chi connectivity index (χ4v) is 4.53. The van der Waals surface area contributed by atoms with Gasteiger partial charge >= 0.3 is 0 Å². The number of methoxy groups -OCH3 is 2. The summed E-state index contributed by atoms with van der Waals surface area (Å²) >= 11 is 0. The molecule has 0 aliphatic heterocycles. The van der Waals surface area contributed by atoms with Crippen LogP contribution < -0.4 is 25.1 Å². The van der Waals surface area contributed by atoms with Crippen molar-refractivity contribution < 1.29 is 19.0 Å². The largest absolute Gasteiger partial charge is 0.493 e. The van der Waals surface area contributed by atoms with Crippen molar-refractivity contribution in [2.75, 3.05) is 14.2 Å². The third kappa shape index (κ3) is 3.17. The number of hydrogen-bond donors (Lipinski definition) is 1. The van der Waals surface area contributed by atoms with Gasteiger partial charge in [-0.15, -0.1) is 0 Å². The lowest BCUT2D eigenvalue weighted by molar-refractivity contribution is -0.127. The third-order valence-electron chi connectivity index (χ3n) is 5.98. The second-order valence-corrected chi connectivity index (χ2v) is 8.52. The van der Waals surface area contributed by atoms with Crippen LogP contribution in [0, 0.1) is 0 Å². The lowest BCUT2D eigenvalue weighted by Gasteiger charge is -2.16. The minimum atomic E-state index is -0.663. The first-order chi connectivity index (χ1) is 16.3. The minimum Gasteiger partial charge on any atom is -0.493 e. The van der Waals surface area contributed by atoms with E-state index in [9.17, 15) is 9.59 Å². The second-order valence-electron chi connectivity index (χ2n) is 8.52. The maximum atomic E-state index is 13.8. The zero-order valence-corrected chi connectivity index (χ0v) is 19.6. The Morgan fingerprint density at radius 3 is 2.50 bits per heavy atom. The van der Waals surface area contributed by atoms with E-state index in [2.05, 4.69) is 10.3 Å². The summed E-state index contributed by atoms with van der Waals surface area (Å²) in [4.78, 5) is 30.7. The number of aromatic nitrogens is 2. The van der Waals surface area contributed by atoms with Crippen LogP contribution in [0.4, 0.5) is 0 Å². The number of nitrogens with zero attached hydrogens (tertiary/aromatic N) is 2. The Bertz CT molecular complexity index is 1620. The van der Waals surface area contributed by atoms with Gasteiger partial charge < -0.3 is 19.5 Å². The minimum absolute atomic E-state index is 0.0230. The molecule has 0 saturated heterocycles. The van der Waals surface area contributed by atoms with Gasteiger partial charge in [-0.3, -0.25) is 19.0 Å². The fraction of sp³-hybridized carbons (Fsp3) is 0.269. The van der Waals surface area contributed by atoms with Crippen LogP contribution in [-0.2, 0) is 4.79 Å². The van der Waals surface area contributed by atoms with Crippen molar-refractivity contribution in [1.29, 1.82) is 0 Å². The van der Waals surface area contributed by atoms with Crippen LogP contribution in [0.3, 0.4) is 0 Å². The van der Waals surface area contributed by atoms with E-state index in [1.807, 2.05) is 38.1 Å². The number of fused-ring (bicyclic) bond motifs is 5. The molecular formula is C26H25N3O5. The van der Waals surface area contributed by atoms with Gasteiger partial charge in [-0.1, -0.05) is 0 Å². The van der Waals surface area contributed by atoms with Gasteiger partial charge in [0.05, 0.1) is 36.2 Å². The molecule has 0 spiro atoms. The number of ether oxygens (including phenoxy) is 3. The molecule has 2 aromatic carbocycles. The van der Waals surface area contributed by atoms with Crippen molar-refractivity contribution in [2.24, 2.45) is 0 Å². The first kappa shape index (κ1) is 21.8. The smallest absolute Gasteiger partial charge is 0.267 e. The maximum Gasteiger partial charge on any atom is 0.267 e. The molecule has 3 aromatic heterocycles. The molecule has 0 aliphatic carbocycles. The van der Waals surface area contributed by atoms with Gasteiger partial charge in [0.1, 0.15) is 5.75 Å². The van der Waals surface area contributed by atoms with Crippen LogP contribution >= 0.6 is 0 Å². The summed E-state index contributed by atoms with van der Waals surface area (Å²) in [5.74, 6) is 1.21. The van der Waals surface area contributed by atoms with Gasteiger partial charge in [0.25, 0.3) is 11.5 Å². The summed E-state index contributed by atoms with van der Waals surface area (Å²) in [6, 6.07) is 11.0. The van der Waals surface area contributed by atoms with E-state index in [1.165, 1.54) is 14.2 Å². The molecule has 34 heavy (non-hydrogen) atoms. The molecule has 1 N–H and O–H groups in total. The Morgan fingerprint density at radius 1 is 1.00 bits per heavy atom. The van der Waals surface area contributed by atoms with Gasteiger partial charge in [-0.05, 0) is 57.2 Å². The van der Waals surface area contributed by atoms with Crippen molar-refractivity contribution in [3.8, 4) is 17.2 Å². The van der Waals surface area contributed by atoms with E-state index in [0.717, 1.165) is 21.8 Å². The number of nitrogens with one attached hydrogen (secondary N) is 1. The number of hydrogen-bond acceptors (Lipinski definition) is 6. The SMILES string of the molecule is COc1ccc2c(c1OC)c(=O)n1c3ccc(O[C@H](C)C(=O)NC(C)C)cc3c3ccnc2c31. The van der Waals surface area contributed by atoms with Crippen LogP contribution in [0.1, 0.15) is 20.8 Å². The zero-order chi connectivity index (χ0) is 24.1. The Hall–Kier alpha value is -4.07. The number of pyridine rings is 2. The Labute approximate surface area is 195 Å². The summed E-state index contributed by atoms with van der Waals surface area (Å²) in [7, 11) is 3.06. The molecule has 5 rings (SSSR count). The summed E-state index contributed by atoms with van der Waals surface area (Å²) < 4.78 is 18.6. The Kier molecular flexibility index (Phi) is 5.16. The lowest BCUT2D eigenvalue weighted by Crippen LogP contribution is -2.40. The number of carbonyl (C=O) groups is 1. The summed E-state index contributed by atoms with van der Waals surface area (Å²) in [6.07, 6.45) is 1.06. The van der Waals surface area contributed by atoms with Crippen molar-refractivity contribution >= 4 is 44.0 Å². The van der Waals surface area contributed by atoms with Gasteiger partial charge in [0.15, 0.2) is 17.6 Å². The maximum absolute atomic E-state index is 13.8. The van der Waals surface area contributed by atoms with E-state index in [0.29, 0.717) is 33.5 Å². The topological polar surface area (TPSA) is 91.2 Å². The monoisotopic (exact) mass is 459 g/mol. The van der Waals surface area contributed by atoms with Gasteiger partial charge in [0, 0.05) is 28.4 Å². The number of benzene rings is 2. The molecule has 8 heteroatoms. The molecular weight excluding hydrogens is 434 g/mol. The molecule has 0 bridgehead atoms. The molecule has 1 amide bonds. The standard InChI is InChI=1S/C26H25N3O5/c1-13(2)28-25(30)14(3)34-15-6-8-19-18(12-15)16-10-11-27-22-17-7-9-20(32-4)24(33-5)21(17)26(31)29(19)23(16)22/h6-14H,1-5H3,(H,28,30)/t14-/m1/s1. The fourth-order valence-electron chi connectivity index (χ4n) is 4.53. The summed E-state index contributed by atoms with van der Waals surface area (Å²) in [6.45, 7) is 5.51. The highest BCUT2D eigenvalue weighted by atomic mass is 16.5. The van der Waals surface area contributed by atoms with Crippen molar-refractivity contribution in [3.63, 3.8) is 0 Å². The van der Waals surface area contributed by atoms with E-state index in [4.69, 9.17) is 14.2 Å². The molecule has 0 aliphatic rings. The molecule has 0 radical (unpaired) electrons. The van der Waals surface area contributed by atoms with Crippen LogP contribution in [-0.4, -0.2) is 41.7 Å². The molecule has 3 heterocycles. The van der Waals surface area contributed by atoms with E-state index in [-0.39, 0.29) is 17.5 Å². The van der Waals surface area contributed by atoms with E-state index >= 15 is 0 Å². The summed E-state index contributed by atoms with van der Waals surface area (Å²) in [5.41, 5.74) is 1.92. The van der Waals surface area contributed by atoms with Gasteiger partial charge in [-0.25, -0.2) is 0 Å². The second kappa shape index (κ2) is 8.06. The predicted molar refractivity (Wildman–Crippen MR) is 132 cm³/mol. The molecule has 1 atom stereocenters. The highest BCUT2D eigenvalue weighted by molar-refractivity contribution is 6.19. The molecule has 0 saturated carbocycles. The first-order valence-electron chi connectivity index (χ1n) is 11.1. The highest BCUT2D eigenvalue weighted by Gasteiger charge is 2.23. The number of carbonyl (C=O) groups excluding carboxylic acids is 1. The molecule has 0 fully saturated rings. The molecule has 0 unspecified atom stereocenters. The first-order valence-corrected chi connectivity index (χ1v) is 11.1. The van der Waals surface area contributed by atoms with Crippen LogP contribution in [0.2, 0.25) is 0 Å². The average molecular weight is 460 g/mol. The van der Waals surface area contributed by atoms with Crippen molar-refractivity contribution in [1.82, 2.24) is 14.7 Å².